The first-order valence-electron chi connectivity index (χ1n) is 7.12. The van der Waals surface area contributed by atoms with Crippen molar-refractivity contribution in [3.05, 3.63) is 57.4 Å². The summed E-state index contributed by atoms with van der Waals surface area (Å²) in [6.45, 7) is 8.41. The average molecular weight is 300 g/mol. The summed E-state index contributed by atoms with van der Waals surface area (Å²) in [6.07, 6.45) is 1.74. The highest BCUT2D eigenvalue weighted by Gasteiger charge is 2.09. The number of benzene rings is 1. The molecule has 0 unspecified atom stereocenters. The van der Waals surface area contributed by atoms with Gasteiger partial charge in [0.05, 0.1) is 16.8 Å². The van der Waals surface area contributed by atoms with Gasteiger partial charge >= 0.3 is 0 Å². The fourth-order valence-corrected chi connectivity index (χ4v) is 2.59. The highest BCUT2D eigenvalue weighted by atomic mass is 16.6. The molecule has 116 valence electrons. The van der Waals surface area contributed by atoms with Gasteiger partial charge in [0.2, 0.25) is 0 Å². The molecule has 0 aliphatic heterocycles. The summed E-state index contributed by atoms with van der Waals surface area (Å²) in [5.74, 6) is 0. The zero-order chi connectivity index (χ0) is 16.3. The van der Waals surface area contributed by atoms with Crippen LogP contribution in [0.2, 0.25) is 0 Å². The van der Waals surface area contributed by atoms with E-state index in [1.165, 1.54) is 17.8 Å². The first-order valence-corrected chi connectivity index (χ1v) is 7.12. The Morgan fingerprint density at radius 2 is 2.05 bits per heavy atom. The molecule has 1 aromatic carbocycles. The van der Waals surface area contributed by atoms with E-state index in [0.717, 1.165) is 11.3 Å². The van der Waals surface area contributed by atoms with Crippen molar-refractivity contribution in [3.8, 4) is 0 Å². The van der Waals surface area contributed by atoms with Crippen LogP contribution in [0.1, 0.15) is 36.8 Å². The summed E-state index contributed by atoms with van der Waals surface area (Å²) >= 11 is 0. The lowest BCUT2D eigenvalue weighted by molar-refractivity contribution is -0.384. The number of aryl methyl sites for hydroxylation is 1. The average Bonchev–Trinajstić information content (AvgIpc) is 2.74. The number of rotatable bonds is 5. The molecular formula is C16H20N4O2. The molecule has 0 saturated carbocycles. The van der Waals surface area contributed by atoms with Gasteiger partial charge < -0.3 is 4.57 Å². The molecule has 0 fully saturated rings. The molecule has 1 N–H and O–H groups in total. The fraction of sp³-hybridized carbons (Fsp3) is 0.312. The van der Waals surface area contributed by atoms with Crippen molar-refractivity contribution < 1.29 is 4.92 Å². The number of anilines is 1. The maximum atomic E-state index is 10.7. The minimum absolute atomic E-state index is 0.0400. The van der Waals surface area contributed by atoms with Gasteiger partial charge in [0.1, 0.15) is 0 Å². The molecular weight excluding hydrogens is 280 g/mol. The van der Waals surface area contributed by atoms with E-state index < -0.39 is 4.92 Å². The highest BCUT2D eigenvalue weighted by molar-refractivity contribution is 5.82. The number of nitrogens with zero attached hydrogens (tertiary/aromatic N) is 3. The van der Waals surface area contributed by atoms with E-state index in [2.05, 4.69) is 48.9 Å². The van der Waals surface area contributed by atoms with Crippen LogP contribution in [0.15, 0.2) is 35.4 Å². The maximum absolute atomic E-state index is 10.7. The van der Waals surface area contributed by atoms with E-state index in [9.17, 15) is 10.1 Å². The molecule has 1 heterocycles. The topological polar surface area (TPSA) is 72.5 Å². The summed E-state index contributed by atoms with van der Waals surface area (Å²) in [5, 5.41) is 14.9. The Kier molecular flexibility index (Phi) is 4.60. The summed E-state index contributed by atoms with van der Waals surface area (Å²) < 4.78 is 2.24. The number of nitro benzene ring substituents is 1. The molecule has 0 amide bonds. The normalized spacial score (nSPS) is 11.3. The molecule has 0 aliphatic carbocycles. The van der Waals surface area contributed by atoms with E-state index in [1.54, 1.807) is 18.3 Å². The monoisotopic (exact) mass is 300 g/mol. The first-order chi connectivity index (χ1) is 10.4. The van der Waals surface area contributed by atoms with Gasteiger partial charge in [-0.25, -0.2) is 0 Å². The largest absolute Gasteiger partial charge is 0.346 e. The van der Waals surface area contributed by atoms with Gasteiger partial charge in [-0.05, 0) is 39.8 Å². The second-order valence-electron chi connectivity index (χ2n) is 5.47. The van der Waals surface area contributed by atoms with Gasteiger partial charge in [0.15, 0.2) is 0 Å². The van der Waals surface area contributed by atoms with Crippen molar-refractivity contribution in [2.45, 2.75) is 33.7 Å². The van der Waals surface area contributed by atoms with Gasteiger partial charge in [-0.15, -0.1) is 0 Å². The van der Waals surface area contributed by atoms with Gasteiger partial charge in [-0.3, -0.25) is 15.5 Å². The summed E-state index contributed by atoms with van der Waals surface area (Å²) in [7, 11) is 0. The summed E-state index contributed by atoms with van der Waals surface area (Å²) in [6, 6.07) is 8.74. The van der Waals surface area contributed by atoms with Crippen LogP contribution in [0.5, 0.6) is 0 Å². The van der Waals surface area contributed by atoms with Crippen LogP contribution in [0.25, 0.3) is 0 Å². The SMILES string of the molecule is Cc1cc(/C=N\Nc2cccc([N+](=O)[O-])c2)c(C)n1C(C)C. The van der Waals surface area contributed by atoms with Crippen molar-refractivity contribution in [2.24, 2.45) is 5.10 Å². The van der Waals surface area contributed by atoms with E-state index in [-0.39, 0.29) is 5.69 Å². The van der Waals surface area contributed by atoms with Crippen LogP contribution in [0.4, 0.5) is 11.4 Å². The predicted octanol–water partition coefficient (Wildman–Crippen LogP) is 4.04. The van der Waals surface area contributed by atoms with Gasteiger partial charge in [-0.2, -0.15) is 5.10 Å². The molecule has 6 nitrogen and oxygen atoms in total. The third-order valence-electron chi connectivity index (χ3n) is 3.49. The Labute approximate surface area is 129 Å². The Bertz CT molecular complexity index is 717. The van der Waals surface area contributed by atoms with Gasteiger partial charge in [-0.1, -0.05) is 6.07 Å². The maximum Gasteiger partial charge on any atom is 0.271 e. The van der Waals surface area contributed by atoms with E-state index in [4.69, 9.17) is 0 Å². The number of aromatic nitrogens is 1. The Morgan fingerprint density at radius 3 is 2.64 bits per heavy atom. The molecule has 6 heteroatoms. The minimum Gasteiger partial charge on any atom is -0.346 e. The molecule has 0 saturated heterocycles. The van der Waals surface area contributed by atoms with Crippen LogP contribution in [0.3, 0.4) is 0 Å². The van der Waals surface area contributed by atoms with Crippen LogP contribution < -0.4 is 5.43 Å². The zero-order valence-corrected chi connectivity index (χ0v) is 13.2. The lowest BCUT2D eigenvalue weighted by Gasteiger charge is -2.13. The van der Waals surface area contributed by atoms with Crippen LogP contribution in [0, 0.1) is 24.0 Å². The molecule has 0 bridgehead atoms. The molecule has 0 radical (unpaired) electrons. The number of nitrogens with one attached hydrogen (secondary N) is 1. The quantitative estimate of drug-likeness (QED) is 0.514. The first kappa shape index (κ1) is 15.8. The lowest BCUT2D eigenvalue weighted by atomic mass is 10.2. The molecule has 2 aromatic rings. The van der Waals surface area contributed by atoms with Crippen LogP contribution >= 0.6 is 0 Å². The van der Waals surface area contributed by atoms with Crippen LogP contribution in [-0.2, 0) is 0 Å². The molecule has 0 spiro atoms. The minimum atomic E-state index is -0.425. The number of non-ortho nitro benzene ring substituents is 1. The van der Waals surface area contributed by atoms with Crippen molar-refractivity contribution in [1.82, 2.24) is 4.57 Å². The second kappa shape index (κ2) is 6.43. The Balaban J connectivity index is 2.15. The fourth-order valence-electron chi connectivity index (χ4n) is 2.59. The Hall–Kier alpha value is -2.63. The zero-order valence-electron chi connectivity index (χ0n) is 13.2. The van der Waals surface area contributed by atoms with Crippen molar-refractivity contribution in [1.29, 1.82) is 0 Å². The third kappa shape index (κ3) is 3.33. The molecule has 0 atom stereocenters. The lowest BCUT2D eigenvalue weighted by Crippen LogP contribution is -2.05. The molecule has 22 heavy (non-hydrogen) atoms. The standard InChI is InChI=1S/C16H20N4O2/c1-11(2)19-12(3)8-14(13(19)4)10-17-18-15-6-5-7-16(9-15)20(21)22/h5-11,18H,1-4H3/b17-10-. The van der Waals surface area contributed by atoms with Crippen molar-refractivity contribution in [3.63, 3.8) is 0 Å². The van der Waals surface area contributed by atoms with Crippen molar-refractivity contribution in [2.75, 3.05) is 5.43 Å². The number of nitro groups is 1. The molecule has 1 aromatic heterocycles. The Morgan fingerprint density at radius 1 is 1.32 bits per heavy atom. The van der Waals surface area contributed by atoms with Crippen LogP contribution in [-0.4, -0.2) is 15.7 Å². The van der Waals surface area contributed by atoms with E-state index >= 15 is 0 Å². The molecule has 0 aliphatic rings. The number of hydrogen-bond acceptors (Lipinski definition) is 4. The highest BCUT2D eigenvalue weighted by Crippen LogP contribution is 2.19. The second-order valence-corrected chi connectivity index (χ2v) is 5.47. The van der Waals surface area contributed by atoms with E-state index in [0.29, 0.717) is 11.7 Å². The predicted molar refractivity (Wildman–Crippen MR) is 88.6 cm³/mol. The van der Waals surface area contributed by atoms with Crippen molar-refractivity contribution >= 4 is 17.6 Å². The van der Waals surface area contributed by atoms with Gasteiger partial charge in [0.25, 0.3) is 5.69 Å². The van der Waals surface area contributed by atoms with Gasteiger partial charge in [0, 0.05) is 35.1 Å². The smallest absolute Gasteiger partial charge is 0.271 e. The number of hydrazone groups is 1. The van der Waals surface area contributed by atoms with E-state index in [1.807, 2.05) is 0 Å². The summed E-state index contributed by atoms with van der Waals surface area (Å²) in [4.78, 5) is 10.3. The number of hydrogen-bond donors (Lipinski definition) is 1. The third-order valence-corrected chi connectivity index (χ3v) is 3.49. The summed E-state index contributed by atoms with van der Waals surface area (Å²) in [5.41, 5.74) is 6.82. The molecule has 2 rings (SSSR count).